The zero-order valence-electron chi connectivity index (χ0n) is 18.4. The average Bonchev–Trinajstić information content (AvgIpc) is 3.28. The van der Waals surface area contributed by atoms with Crippen molar-refractivity contribution in [2.75, 3.05) is 13.7 Å². The van der Waals surface area contributed by atoms with Gasteiger partial charge < -0.3 is 25.4 Å². The van der Waals surface area contributed by atoms with Gasteiger partial charge in [-0.15, -0.1) is 0 Å². The maximum absolute atomic E-state index is 13.6. The minimum absolute atomic E-state index is 0.00680. The smallest absolute Gasteiger partial charge is 0.246 e. The molecule has 3 fully saturated rings. The molecular formula is C23H31N3O5. The summed E-state index contributed by atoms with van der Waals surface area (Å²) in [4.78, 5) is 41.4. The van der Waals surface area contributed by atoms with Gasteiger partial charge in [0.1, 0.15) is 11.6 Å². The molecule has 3 aliphatic rings. The van der Waals surface area contributed by atoms with Gasteiger partial charge in [0, 0.05) is 13.6 Å². The van der Waals surface area contributed by atoms with Crippen LogP contribution in [0.5, 0.6) is 0 Å². The number of ether oxygens (including phenoxy) is 1. The minimum Gasteiger partial charge on any atom is -0.394 e. The molecule has 2 bridgehead atoms. The molecule has 3 unspecified atom stereocenters. The van der Waals surface area contributed by atoms with Crippen molar-refractivity contribution in [1.29, 1.82) is 0 Å². The normalized spacial score (nSPS) is 36.9. The molecule has 0 saturated carbocycles. The molecule has 3 saturated heterocycles. The van der Waals surface area contributed by atoms with Crippen molar-refractivity contribution in [3.63, 3.8) is 0 Å². The predicted octanol–water partition coefficient (Wildman–Crippen LogP) is 0.440. The van der Waals surface area contributed by atoms with Gasteiger partial charge in [0.2, 0.25) is 17.7 Å². The fourth-order valence-electron chi connectivity index (χ4n) is 5.98. The van der Waals surface area contributed by atoms with Crippen LogP contribution in [-0.2, 0) is 25.7 Å². The van der Waals surface area contributed by atoms with Crippen molar-refractivity contribution >= 4 is 17.7 Å². The molecule has 1 aromatic carbocycles. The quantitative estimate of drug-likeness (QED) is 0.608. The van der Waals surface area contributed by atoms with Crippen molar-refractivity contribution in [2.24, 2.45) is 17.8 Å². The van der Waals surface area contributed by atoms with Gasteiger partial charge in [-0.05, 0) is 31.7 Å². The van der Waals surface area contributed by atoms with Crippen LogP contribution in [0.2, 0.25) is 0 Å². The number of nitrogens with zero attached hydrogens (tertiary/aromatic N) is 1. The molecular weight excluding hydrogens is 398 g/mol. The highest BCUT2D eigenvalue weighted by molar-refractivity contribution is 5.99. The van der Waals surface area contributed by atoms with E-state index in [9.17, 15) is 19.5 Å². The molecule has 8 nitrogen and oxygen atoms in total. The van der Waals surface area contributed by atoms with Crippen LogP contribution in [0.25, 0.3) is 0 Å². The molecule has 3 amide bonds. The van der Waals surface area contributed by atoms with Crippen LogP contribution in [0, 0.1) is 17.8 Å². The SMILES string of the molecule is CNC(=O)[C@H]1[C@H]2C(=O)N([C@H](C)CO)C(C(=O)NCc3ccccc3)C23CC(C)[C@]1(C)O3. The van der Waals surface area contributed by atoms with E-state index in [0.717, 1.165) is 5.56 Å². The standard InChI is InChI=1S/C23H31N3O5/c1-13-10-23-17(16(19(28)24-4)22(13,3)31-23)21(30)26(14(2)12-27)18(23)20(29)25-11-15-8-6-5-7-9-15/h5-9,13-14,16-18,27H,10-12H2,1-4H3,(H,24,28)(H,25,29)/t13?,14-,16-,17+,18?,22+,23?/m1/s1. The fraction of sp³-hybridized carbons (Fsp3) is 0.609. The molecule has 0 aromatic heterocycles. The monoisotopic (exact) mass is 429 g/mol. The summed E-state index contributed by atoms with van der Waals surface area (Å²) >= 11 is 0. The Labute approximate surface area is 182 Å². The molecule has 4 rings (SSSR count). The van der Waals surface area contributed by atoms with Crippen molar-refractivity contribution < 1.29 is 24.2 Å². The first kappa shape index (κ1) is 21.8. The van der Waals surface area contributed by atoms with Crippen LogP contribution < -0.4 is 10.6 Å². The third-order valence-corrected chi connectivity index (χ3v) is 7.58. The highest BCUT2D eigenvalue weighted by Gasteiger charge is 2.80. The summed E-state index contributed by atoms with van der Waals surface area (Å²) in [5.74, 6) is -2.33. The lowest BCUT2D eigenvalue weighted by atomic mass is 9.62. The molecule has 3 N–H and O–H groups in total. The number of aliphatic hydroxyl groups excluding tert-OH is 1. The second kappa shape index (κ2) is 7.60. The average molecular weight is 430 g/mol. The number of amides is 3. The third-order valence-electron chi connectivity index (χ3n) is 7.58. The Morgan fingerprint density at radius 3 is 2.58 bits per heavy atom. The van der Waals surface area contributed by atoms with E-state index in [2.05, 4.69) is 10.6 Å². The number of aliphatic hydroxyl groups is 1. The van der Waals surface area contributed by atoms with Crippen LogP contribution in [-0.4, -0.2) is 64.7 Å². The first-order valence-corrected chi connectivity index (χ1v) is 10.9. The van der Waals surface area contributed by atoms with E-state index in [1.54, 1.807) is 14.0 Å². The Kier molecular flexibility index (Phi) is 5.34. The Hall–Kier alpha value is -2.45. The second-order valence-corrected chi connectivity index (χ2v) is 9.30. The molecule has 168 valence electrons. The highest BCUT2D eigenvalue weighted by atomic mass is 16.5. The van der Waals surface area contributed by atoms with E-state index in [4.69, 9.17) is 4.74 Å². The zero-order valence-corrected chi connectivity index (χ0v) is 18.4. The molecule has 0 radical (unpaired) electrons. The lowest BCUT2D eigenvalue weighted by molar-refractivity contribution is -0.150. The van der Waals surface area contributed by atoms with Crippen LogP contribution in [0.4, 0.5) is 0 Å². The van der Waals surface area contributed by atoms with E-state index in [0.29, 0.717) is 13.0 Å². The third kappa shape index (κ3) is 2.99. The van der Waals surface area contributed by atoms with Crippen LogP contribution in [0.1, 0.15) is 32.8 Å². The molecule has 8 heteroatoms. The number of benzene rings is 1. The summed E-state index contributed by atoms with van der Waals surface area (Å²) in [7, 11) is 1.55. The van der Waals surface area contributed by atoms with Crippen molar-refractivity contribution in [2.45, 2.75) is 57.0 Å². The van der Waals surface area contributed by atoms with Gasteiger partial charge in [-0.2, -0.15) is 0 Å². The van der Waals surface area contributed by atoms with Crippen LogP contribution in [0.3, 0.4) is 0 Å². The van der Waals surface area contributed by atoms with Crippen molar-refractivity contribution in [1.82, 2.24) is 15.5 Å². The van der Waals surface area contributed by atoms with Gasteiger partial charge in [0.05, 0.1) is 30.1 Å². The maximum atomic E-state index is 13.6. The van der Waals surface area contributed by atoms with Gasteiger partial charge in [-0.25, -0.2) is 0 Å². The maximum Gasteiger partial charge on any atom is 0.246 e. The summed E-state index contributed by atoms with van der Waals surface area (Å²) in [6, 6.07) is 8.04. The van der Waals surface area contributed by atoms with Crippen molar-refractivity contribution in [3.8, 4) is 0 Å². The summed E-state index contributed by atoms with van der Waals surface area (Å²) in [6.45, 7) is 5.62. The molecule has 1 aromatic rings. The van der Waals surface area contributed by atoms with E-state index < -0.39 is 35.1 Å². The predicted molar refractivity (Wildman–Crippen MR) is 113 cm³/mol. The molecule has 3 aliphatic heterocycles. The van der Waals surface area contributed by atoms with Crippen molar-refractivity contribution in [3.05, 3.63) is 35.9 Å². The lowest BCUT2D eigenvalue weighted by Crippen LogP contribution is -2.57. The largest absolute Gasteiger partial charge is 0.394 e. The van der Waals surface area contributed by atoms with E-state index in [-0.39, 0.29) is 30.2 Å². The number of hydrogen-bond acceptors (Lipinski definition) is 5. The number of nitrogens with one attached hydrogen (secondary N) is 2. The Morgan fingerprint density at radius 1 is 1.29 bits per heavy atom. The van der Waals surface area contributed by atoms with Gasteiger partial charge in [0.25, 0.3) is 0 Å². The number of carbonyl (C=O) groups is 3. The number of carbonyl (C=O) groups excluding carboxylic acids is 3. The molecule has 3 heterocycles. The summed E-state index contributed by atoms with van der Waals surface area (Å²) < 4.78 is 6.53. The van der Waals surface area contributed by atoms with Gasteiger partial charge in [-0.1, -0.05) is 37.3 Å². The fourth-order valence-corrected chi connectivity index (χ4v) is 5.98. The second-order valence-electron chi connectivity index (χ2n) is 9.30. The Morgan fingerprint density at radius 2 is 1.97 bits per heavy atom. The highest BCUT2D eigenvalue weighted by Crippen LogP contribution is 2.65. The van der Waals surface area contributed by atoms with Gasteiger partial charge in [-0.3, -0.25) is 14.4 Å². The Balaban J connectivity index is 1.73. The lowest BCUT2D eigenvalue weighted by Gasteiger charge is -2.36. The number of likely N-dealkylation sites (tertiary alicyclic amines) is 1. The van der Waals surface area contributed by atoms with Crippen LogP contribution in [0.15, 0.2) is 30.3 Å². The summed E-state index contributed by atoms with van der Waals surface area (Å²) in [5, 5.41) is 15.5. The topological polar surface area (TPSA) is 108 Å². The number of rotatable bonds is 6. The van der Waals surface area contributed by atoms with Crippen LogP contribution >= 0.6 is 0 Å². The Bertz CT molecular complexity index is 892. The number of hydrogen-bond donors (Lipinski definition) is 3. The first-order chi connectivity index (χ1) is 14.7. The van der Waals surface area contributed by atoms with E-state index >= 15 is 0 Å². The van der Waals surface area contributed by atoms with E-state index in [1.807, 2.05) is 44.2 Å². The number of fused-ring (bicyclic) bond motifs is 1. The molecule has 1 spiro atoms. The van der Waals surface area contributed by atoms with E-state index in [1.165, 1.54) is 4.90 Å². The molecule has 0 aliphatic carbocycles. The molecule has 31 heavy (non-hydrogen) atoms. The zero-order chi connectivity index (χ0) is 22.6. The van der Waals surface area contributed by atoms with Gasteiger partial charge in [0.15, 0.2) is 0 Å². The first-order valence-electron chi connectivity index (χ1n) is 10.9. The molecule has 7 atom stereocenters. The summed E-state index contributed by atoms with van der Waals surface area (Å²) in [6.07, 6.45) is 0.505. The minimum atomic E-state index is -1.09. The van der Waals surface area contributed by atoms with Gasteiger partial charge >= 0.3 is 0 Å². The summed E-state index contributed by atoms with van der Waals surface area (Å²) in [5.41, 5.74) is -0.976.